The molecule has 11 heavy (non-hydrogen) atoms. The van der Waals surface area contributed by atoms with Gasteiger partial charge in [0.15, 0.2) is 5.78 Å². The molecule has 0 aromatic rings. The largest absolute Gasteiger partial charge is 0.389 e. The van der Waals surface area contributed by atoms with Crippen molar-refractivity contribution in [3.05, 3.63) is 0 Å². The number of aliphatic hydroxyl groups is 1. The highest BCUT2D eigenvalue weighted by Gasteiger charge is 1.94. The molecule has 0 spiro atoms. The van der Waals surface area contributed by atoms with Gasteiger partial charge in [-0.1, -0.05) is 11.8 Å². The maximum atomic E-state index is 10.5. The number of ketones is 1. The molecule has 0 radical (unpaired) electrons. The standard InChI is InChI=1S/C9H10O2/c1-2-3-4-5-6-7-9(11)8-10/h1,10H,3,6-8H2. The Kier molecular flexibility index (Phi) is 6.08. The minimum Gasteiger partial charge on any atom is -0.389 e. The van der Waals surface area contributed by atoms with Crippen molar-refractivity contribution in [3.63, 3.8) is 0 Å². The minimum atomic E-state index is -0.392. The molecule has 0 saturated carbocycles. The van der Waals surface area contributed by atoms with E-state index in [0.717, 1.165) is 0 Å². The van der Waals surface area contributed by atoms with E-state index < -0.39 is 6.61 Å². The minimum absolute atomic E-state index is 0.181. The summed E-state index contributed by atoms with van der Waals surface area (Å²) < 4.78 is 0. The first-order valence-corrected chi connectivity index (χ1v) is 3.33. The van der Waals surface area contributed by atoms with Crippen LogP contribution < -0.4 is 0 Å². The van der Waals surface area contributed by atoms with Crippen molar-refractivity contribution in [2.75, 3.05) is 6.61 Å². The number of hydrogen-bond acceptors (Lipinski definition) is 2. The molecule has 2 nitrogen and oxygen atoms in total. The number of terminal acetylenes is 1. The van der Waals surface area contributed by atoms with Crippen LogP contribution in [-0.2, 0) is 4.79 Å². The lowest BCUT2D eigenvalue weighted by Crippen LogP contribution is -2.01. The third-order valence-corrected chi connectivity index (χ3v) is 1.02. The van der Waals surface area contributed by atoms with Crippen LogP contribution in [0.25, 0.3) is 0 Å². The summed E-state index contributed by atoms with van der Waals surface area (Å²) in [7, 11) is 0. The van der Waals surface area contributed by atoms with Crippen molar-refractivity contribution < 1.29 is 9.90 Å². The van der Waals surface area contributed by atoms with Crippen molar-refractivity contribution in [1.82, 2.24) is 0 Å². The highest BCUT2D eigenvalue weighted by Crippen LogP contribution is 1.87. The number of rotatable bonds is 3. The van der Waals surface area contributed by atoms with Crippen LogP contribution in [-0.4, -0.2) is 17.5 Å². The first-order valence-electron chi connectivity index (χ1n) is 3.33. The highest BCUT2D eigenvalue weighted by atomic mass is 16.3. The fourth-order valence-electron chi connectivity index (χ4n) is 0.483. The van der Waals surface area contributed by atoms with Crippen LogP contribution in [0.5, 0.6) is 0 Å². The molecule has 0 amide bonds. The molecule has 0 heterocycles. The van der Waals surface area contributed by atoms with Gasteiger partial charge in [-0.25, -0.2) is 0 Å². The monoisotopic (exact) mass is 150 g/mol. The Hall–Kier alpha value is -1.25. The lowest BCUT2D eigenvalue weighted by Gasteiger charge is -1.87. The van der Waals surface area contributed by atoms with Crippen molar-refractivity contribution in [2.24, 2.45) is 0 Å². The summed E-state index contributed by atoms with van der Waals surface area (Å²) in [5, 5.41) is 8.31. The van der Waals surface area contributed by atoms with Gasteiger partial charge in [-0.2, -0.15) is 0 Å². The lowest BCUT2D eigenvalue weighted by atomic mass is 10.2. The Morgan fingerprint density at radius 3 is 2.73 bits per heavy atom. The SMILES string of the molecule is C#CCC#CCCC(=O)CO. The molecule has 0 aliphatic heterocycles. The average molecular weight is 150 g/mol. The van der Waals surface area contributed by atoms with Gasteiger partial charge in [0.05, 0.1) is 6.42 Å². The predicted octanol–water partition coefficient (Wildman–Crippen LogP) is 0.355. The number of carbonyl (C=O) groups is 1. The first kappa shape index (κ1) is 9.75. The van der Waals surface area contributed by atoms with Gasteiger partial charge in [0.1, 0.15) is 6.61 Å². The summed E-state index contributed by atoms with van der Waals surface area (Å²) in [6.07, 6.45) is 6.16. The Labute approximate surface area is 66.6 Å². The second kappa shape index (κ2) is 6.86. The van der Waals surface area contributed by atoms with E-state index in [1.54, 1.807) is 0 Å². The zero-order valence-electron chi connectivity index (χ0n) is 6.26. The molecule has 0 aromatic carbocycles. The summed E-state index contributed by atoms with van der Waals surface area (Å²) in [6.45, 7) is -0.392. The van der Waals surface area contributed by atoms with Crippen LogP contribution in [0.2, 0.25) is 0 Å². The van der Waals surface area contributed by atoms with Gasteiger partial charge in [0, 0.05) is 12.8 Å². The third-order valence-electron chi connectivity index (χ3n) is 1.02. The number of carbonyl (C=O) groups excluding carboxylic acids is 1. The molecule has 0 aliphatic carbocycles. The molecular weight excluding hydrogens is 140 g/mol. The molecule has 0 fully saturated rings. The van der Waals surface area contributed by atoms with Crippen molar-refractivity contribution >= 4 is 5.78 Å². The number of Topliss-reactive ketones (excluding diaryl/α,β-unsaturated/α-hetero) is 1. The quantitative estimate of drug-likeness (QED) is 0.589. The van der Waals surface area contributed by atoms with E-state index in [9.17, 15) is 4.79 Å². The Morgan fingerprint density at radius 2 is 2.18 bits per heavy atom. The van der Waals surface area contributed by atoms with Gasteiger partial charge in [-0.3, -0.25) is 4.79 Å². The van der Waals surface area contributed by atoms with E-state index in [0.29, 0.717) is 19.3 Å². The Balaban J connectivity index is 3.37. The number of hydrogen-bond donors (Lipinski definition) is 1. The van der Waals surface area contributed by atoms with Gasteiger partial charge >= 0.3 is 0 Å². The van der Waals surface area contributed by atoms with E-state index >= 15 is 0 Å². The summed E-state index contributed by atoms with van der Waals surface area (Å²) in [6, 6.07) is 0. The molecule has 0 saturated heterocycles. The topological polar surface area (TPSA) is 37.3 Å². The van der Waals surface area contributed by atoms with Crippen molar-refractivity contribution in [3.8, 4) is 24.2 Å². The maximum absolute atomic E-state index is 10.5. The van der Waals surface area contributed by atoms with E-state index in [2.05, 4.69) is 17.8 Å². The molecule has 0 bridgehead atoms. The molecule has 1 N–H and O–H groups in total. The molecule has 0 aromatic heterocycles. The van der Waals surface area contributed by atoms with E-state index in [-0.39, 0.29) is 5.78 Å². The predicted molar refractivity (Wildman–Crippen MR) is 42.6 cm³/mol. The lowest BCUT2D eigenvalue weighted by molar-refractivity contribution is -0.121. The summed E-state index contributed by atoms with van der Waals surface area (Å²) in [4.78, 5) is 10.5. The molecule has 0 atom stereocenters. The van der Waals surface area contributed by atoms with Crippen molar-refractivity contribution in [2.45, 2.75) is 19.3 Å². The number of aliphatic hydroxyl groups excluding tert-OH is 1. The van der Waals surface area contributed by atoms with Crippen LogP contribution >= 0.6 is 0 Å². The highest BCUT2D eigenvalue weighted by molar-refractivity contribution is 5.79. The van der Waals surface area contributed by atoms with Gasteiger partial charge in [-0.15, -0.1) is 12.3 Å². The van der Waals surface area contributed by atoms with Gasteiger partial charge in [0.2, 0.25) is 0 Å². The second-order valence-electron chi connectivity index (χ2n) is 1.93. The van der Waals surface area contributed by atoms with Crippen LogP contribution in [0.4, 0.5) is 0 Å². The molecule has 2 heteroatoms. The Morgan fingerprint density at radius 1 is 1.45 bits per heavy atom. The van der Waals surface area contributed by atoms with Crippen LogP contribution in [0.15, 0.2) is 0 Å². The average Bonchev–Trinajstić information content (AvgIpc) is 2.04. The molecule has 0 rings (SSSR count). The zero-order chi connectivity index (χ0) is 8.53. The smallest absolute Gasteiger partial charge is 0.159 e. The molecular formula is C9H10O2. The second-order valence-corrected chi connectivity index (χ2v) is 1.93. The zero-order valence-corrected chi connectivity index (χ0v) is 6.26. The fraction of sp³-hybridized carbons (Fsp3) is 0.444. The van der Waals surface area contributed by atoms with Crippen LogP contribution in [0, 0.1) is 24.2 Å². The van der Waals surface area contributed by atoms with Gasteiger partial charge in [-0.05, 0) is 0 Å². The van der Waals surface area contributed by atoms with Gasteiger partial charge in [0.25, 0.3) is 0 Å². The molecule has 0 unspecified atom stereocenters. The van der Waals surface area contributed by atoms with E-state index in [4.69, 9.17) is 11.5 Å². The fourth-order valence-corrected chi connectivity index (χ4v) is 0.483. The maximum Gasteiger partial charge on any atom is 0.159 e. The van der Waals surface area contributed by atoms with Crippen LogP contribution in [0.1, 0.15) is 19.3 Å². The van der Waals surface area contributed by atoms with Gasteiger partial charge < -0.3 is 5.11 Å². The summed E-state index contributed by atoms with van der Waals surface area (Å²) >= 11 is 0. The Bertz CT molecular complexity index is 212. The van der Waals surface area contributed by atoms with E-state index in [1.165, 1.54) is 0 Å². The van der Waals surface area contributed by atoms with Crippen molar-refractivity contribution in [1.29, 1.82) is 0 Å². The summed E-state index contributed by atoms with van der Waals surface area (Å²) in [5.74, 6) is 7.60. The first-order chi connectivity index (χ1) is 5.31. The molecule has 58 valence electrons. The normalized spacial score (nSPS) is 7.64. The molecule has 0 aliphatic rings. The summed E-state index contributed by atoms with van der Waals surface area (Å²) in [5.41, 5.74) is 0. The van der Waals surface area contributed by atoms with E-state index in [1.807, 2.05) is 0 Å². The third kappa shape index (κ3) is 6.64. The van der Waals surface area contributed by atoms with Crippen LogP contribution in [0.3, 0.4) is 0 Å².